The first-order valence-electron chi connectivity index (χ1n) is 6.65. The van der Waals surface area contributed by atoms with Crippen LogP contribution in [0.1, 0.15) is 20.3 Å². The molecule has 0 bridgehead atoms. The average Bonchev–Trinajstić information content (AvgIpc) is 2.10. The van der Waals surface area contributed by atoms with Gasteiger partial charge in [-0.3, -0.25) is 0 Å². The van der Waals surface area contributed by atoms with Gasteiger partial charge in [-0.05, 0) is 52.0 Å². The second kappa shape index (κ2) is 7.25. The summed E-state index contributed by atoms with van der Waals surface area (Å²) < 4.78 is 0. The van der Waals surface area contributed by atoms with Gasteiger partial charge in [0, 0.05) is 19.6 Å². The number of likely N-dealkylation sites (N-methyl/N-ethyl adjacent to an activating group) is 1. The summed E-state index contributed by atoms with van der Waals surface area (Å²) in [6.07, 6.45) is 1.37. The number of rotatable bonds is 8. The van der Waals surface area contributed by atoms with Crippen molar-refractivity contribution in [3.8, 4) is 0 Å². The number of nitrogens with zero attached hydrogens (tertiary/aromatic N) is 2. The number of nitrogens with one attached hydrogen (secondary N) is 1. The van der Waals surface area contributed by atoms with Gasteiger partial charge in [-0.1, -0.05) is 13.8 Å². The first-order chi connectivity index (χ1) is 7.58. The molecule has 0 aromatic rings. The molecule has 1 aliphatic rings. The molecule has 0 unspecified atom stereocenters. The zero-order chi connectivity index (χ0) is 12.0. The van der Waals surface area contributed by atoms with Crippen LogP contribution in [0.25, 0.3) is 0 Å². The van der Waals surface area contributed by atoms with Gasteiger partial charge < -0.3 is 15.1 Å². The van der Waals surface area contributed by atoms with E-state index in [1.165, 1.54) is 45.7 Å². The van der Waals surface area contributed by atoms with E-state index >= 15 is 0 Å². The zero-order valence-corrected chi connectivity index (χ0v) is 11.5. The van der Waals surface area contributed by atoms with Crippen molar-refractivity contribution in [2.45, 2.75) is 20.3 Å². The molecule has 1 N–H and O–H groups in total. The summed E-state index contributed by atoms with van der Waals surface area (Å²) in [5, 5.41) is 3.35. The van der Waals surface area contributed by atoms with E-state index in [9.17, 15) is 0 Å². The van der Waals surface area contributed by atoms with E-state index in [0.717, 1.165) is 11.8 Å². The summed E-state index contributed by atoms with van der Waals surface area (Å²) in [5.41, 5.74) is 0. The van der Waals surface area contributed by atoms with Crippen molar-refractivity contribution in [2.75, 3.05) is 53.4 Å². The van der Waals surface area contributed by atoms with Gasteiger partial charge in [-0.25, -0.2) is 0 Å². The van der Waals surface area contributed by atoms with Crippen LogP contribution >= 0.6 is 0 Å². The minimum atomic E-state index is 0.779. The number of hydrogen-bond acceptors (Lipinski definition) is 3. The van der Waals surface area contributed by atoms with E-state index < -0.39 is 0 Å². The fourth-order valence-corrected chi connectivity index (χ4v) is 2.07. The summed E-state index contributed by atoms with van der Waals surface area (Å²) >= 11 is 0. The molecule has 0 radical (unpaired) electrons. The molecule has 0 saturated carbocycles. The van der Waals surface area contributed by atoms with E-state index in [2.05, 4.69) is 43.1 Å². The van der Waals surface area contributed by atoms with E-state index in [4.69, 9.17) is 0 Å². The minimum Gasteiger partial charge on any atom is -0.316 e. The van der Waals surface area contributed by atoms with Gasteiger partial charge in [0.1, 0.15) is 0 Å². The third kappa shape index (κ3) is 5.83. The Kier molecular flexibility index (Phi) is 6.32. The Labute approximate surface area is 101 Å². The van der Waals surface area contributed by atoms with E-state index in [1.807, 2.05) is 0 Å². The lowest BCUT2D eigenvalue weighted by molar-refractivity contribution is 0.192. The molecule has 0 amide bonds. The summed E-state index contributed by atoms with van der Waals surface area (Å²) in [5.74, 6) is 1.72. The van der Waals surface area contributed by atoms with E-state index in [-0.39, 0.29) is 0 Å². The van der Waals surface area contributed by atoms with Crippen molar-refractivity contribution < 1.29 is 0 Å². The molecule has 16 heavy (non-hydrogen) atoms. The lowest BCUT2D eigenvalue weighted by Crippen LogP contribution is -2.44. The third-order valence-corrected chi connectivity index (χ3v) is 3.21. The Balaban J connectivity index is 2.18. The van der Waals surface area contributed by atoms with Crippen LogP contribution in [0.3, 0.4) is 0 Å². The van der Waals surface area contributed by atoms with Crippen LogP contribution in [0, 0.1) is 11.8 Å². The Morgan fingerprint density at radius 1 is 1.12 bits per heavy atom. The minimum absolute atomic E-state index is 0.779. The van der Waals surface area contributed by atoms with Crippen molar-refractivity contribution in [1.29, 1.82) is 0 Å². The molecule has 1 aliphatic heterocycles. The van der Waals surface area contributed by atoms with Crippen LogP contribution in [-0.4, -0.2) is 63.2 Å². The van der Waals surface area contributed by atoms with Crippen LogP contribution in [0.2, 0.25) is 0 Å². The van der Waals surface area contributed by atoms with Crippen LogP contribution in [0.4, 0.5) is 0 Å². The molecule has 3 nitrogen and oxygen atoms in total. The Bertz CT molecular complexity index is 176. The highest BCUT2D eigenvalue weighted by Crippen LogP contribution is 2.10. The molecule has 0 spiro atoms. The molecule has 0 aromatic carbocycles. The van der Waals surface area contributed by atoms with Crippen molar-refractivity contribution in [3.63, 3.8) is 0 Å². The fraction of sp³-hybridized carbons (Fsp3) is 1.00. The molecule has 96 valence electrons. The molecule has 1 fully saturated rings. The molecule has 0 aliphatic carbocycles. The molecule has 0 aromatic heterocycles. The molecular formula is C13H29N3. The highest BCUT2D eigenvalue weighted by Gasteiger charge is 2.18. The summed E-state index contributed by atoms with van der Waals surface area (Å²) in [4.78, 5) is 4.90. The van der Waals surface area contributed by atoms with Gasteiger partial charge >= 0.3 is 0 Å². The van der Waals surface area contributed by atoms with Gasteiger partial charge in [-0.2, -0.15) is 0 Å². The zero-order valence-electron chi connectivity index (χ0n) is 11.5. The molecule has 3 heteroatoms. The van der Waals surface area contributed by atoms with Crippen LogP contribution in [-0.2, 0) is 0 Å². The second-order valence-corrected chi connectivity index (χ2v) is 5.81. The summed E-state index contributed by atoms with van der Waals surface area (Å²) in [6.45, 7) is 12.0. The average molecular weight is 227 g/mol. The lowest BCUT2D eigenvalue weighted by Gasteiger charge is -2.31. The van der Waals surface area contributed by atoms with Gasteiger partial charge in [0.05, 0.1) is 0 Å². The highest BCUT2D eigenvalue weighted by atomic mass is 15.2. The second-order valence-electron chi connectivity index (χ2n) is 5.81. The number of hydrogen-bond donors (Lipinski definition) is 1. The van der Waals surface area contributed by atoms with Crippen molar-refractivity contribution in [1.82, 2.24) is 15.1 Å². The molecule has 1 saturated heterocycles. The normalized spacial score (nSPS) is 17.4. The first-order valence-corrected chi connectivity index (χ1v) is 6.65. The van der Waals surface area contributed by atoms with Crippen LogP contribution in [0.15, 0.2) is 0 Å². The smallest absolute Gasteiger partial charge is 0.0109 e. The molecule has 0 atom stereocenters. The van der Waals surface area contributed by atoms with Crippen molar-refractivity contribution in [3.05, 3.63) is 0 Å². The monoisotopic (exact) mass is 227 g/mol. The largest absolute Gasteiger partial charge is 0.316 e. The Hall–Kier alpha value is -0.120. The Morgan fingerprint density at radius 2 is 1.81 bits per heavy atom. The maximum Gasteiger partial charge on any atom is 0.0109 e. The predicted molar refractivity (Wildman–Crippen MR) is 70.8 cm³/mol. The van der Waals surface area contributed by atoms with Crippen molar-refractivity contribution in [2.24, 2.45) is 11.8 Å². The maximum absolute atomic E-state index is 3.35. The SMILES string of the molecule is CC(C)CN(CCC1CNC1)CCN(C)C. The highest BCUT2D eigenvalue weighted by molar-refractivity contribution is 4.76. The van der Waals surface area contributed by atoms with E-state index in [0.29, 0.717) is 0 Å². The van der Waals surface area contributed by atoms with Crippen LogP contribution in [0.5, 0.6) is 0 Å². The first kappa shape index (κ1) is 13.9. The van der Waals surface area contributed by atoms with Crippen LogP contribution < -0.4 is 5.32 Å². The lowest BCUT2D eigenvalue weighted by atomic mass is 9.99. The topological polar surface area (TPSA) is 18.5 Å². The fourth-order valence-electron chi connectivity index (χ4n) is 2.07. The van der Waals surface area contributed by atoms with Gasteiger partial charge in [-0.15, -0.1) is 0 Å². The third-order valence-electron chi connectivity index (χ3n) is 3.21. The maximum atomic E-state index is 3.35. The van der Waals surface area contributed by atoms with Gasteiger partial charge in [0.15, 0.2) is 0 Å². The van der Waals surface area contributed by atoms with Crippen molar-refractivity contribution >= 4 is 0 Å². The predicted octanol–water partition coefficient (Wildman–Crippen LogP) is 1.12. The molecule has 1 heterocycles. The Morgan fingerprint density at radius 3 is 2.25 bits per heavy atom. The summed E-state index contributed by atoms with van der Waals surface area (Å²) in [7, 11) is 4.31. The standard InChI is InChI=1S/C13H29N3/c1-12(2)11-16(8-7-15(3)4)6-5-13-9-14-10-13/h12-14H,5-11H2,1-4H3. The molecule has 1 rings (SSSR count). The van der Waals surface area contributed by atoms with Gasteiger partial charge in [0.2, 0.25) is 0 Å². The molecular weight excluding hydrogens is 198 g/mol. The summed E-state index contributed by atoms with van der Waals surface area (Å²) in [6, 6.07) is 0. The van der Waals surface area contributed by atoms with Gasteiger partial charge in [0.25, 0.3) is 0 Å². The quantitative estimate of drug-likeness (QED) is 0.670. The van der Waals surface area contributed by atoms with E-state index in [1.54, 1.807) is 0 Å².